The molecule has 0 aliphatic carbocycles. The number of imide groups is 1. The Hall–Kier alpha value is -2.43. The second-order valence-corrected chi connectivity index (χ2v) is 4.53. The number of nitrogens with one attached hydrogen (secondary N) is 2. The first-order valence-corrected chi connectivity index (χ1v) is 6.18. The van der Waals surface area contributed by atoms with E-state index in [2.05, 4.69) is 15.6 Å². The van der Waals surface area contributed by atoms with Gasteiger partial charge in [-0.05, 0) is 17.9 Å². The minimum atomic E-state index is -0.406. The van der Waals surface area contributed by atoms with Crippen molar-refractivity contribution in [3.8, 4) is 0 Å². The lowest BCUT2D eigenvalue weighted by Gasteiger charge is -2.22. The third-order valence-electron chi connectivity index (χ3n) is 3.22. The Morgan fingerprint density at radius 2 is 2.05 bits per heavy atom. The number of benzene rings is 1. The van der Waals surface area contributed by atoms with Crippen molar-refractivity contribution in [1.82, 2.24) is 10.3 Å². The minimum absolute atomic E-state index is 0.214. The summed E-state index contributed by atoms with van der Waals surface area (Å²) in [6.07, 6.45) is 2.56. The van der Waals surface area contributed by atoms with E-state index < -0.39 is 6.04 Å². The van der Waals surface area contributed by atoms with Gasteiger partial charge >= 0.3 is 0 Å². The van der Waals surface area contributed by atoms with Crippen LogP contribution >= 0.6 is 0 Å². The highest BCUT2D eigenvalue weighted by Crippen LogP contribution is 2.22. The smallest absolute Gasteiger partial charge is 0.249 e. The van der Waals surface area contributed by atoms with Crippen LogP contribution in [0.3, 0.4) is 0 Å². The molecular weight excluding hydrogens is 242 g/mol. The van der Waals surface area contributed by atoms with Crippen molar-refractivity contribution >= 4 is 28.4 Å². The summed E-state index contributed by atoms with van der Waals surface area (Å²) >= 11 is 0. The predicted octanol–water partition coefficient (Wildman–Crippen LogP) is 1.45. The third-order valence-corrected chi connectivity index (χ3v) is 3.22. The van der Waals surface area contributed by atoms with E-state index in [-0.39, 0.29) is 11.8 Å². The zero-order valence-electron chi connectivity index (χ0n) is 10.2. The van der Waals surface area contributed by atoms with Crippen LogP contribution in [0.15, 0.2) is 36.5 Å². The van der Waals surface area contributed by atoms with Crippen molar-refractivity contribution in [2.75, 3.05) is 5.32 Å². The molecule has 0 radical (unpaired) electrons. The number of pyridine rings is 1. The van der Waals surface area contributed by atoms with Gasteiger partial charge in [0.15, 0.2) is 0 Å². The van der Waals surface area contributed by atoms with E-state index in [1.807, 2.05) is 30.3 Å². The number of aromatic nitrogens is 1. The Morgan fingerprint density at radius 3 is 2.89 bits per heavy atom. The van der Waals surface area contributed by atoms with E-state index in [0.29, 0.717) is 18.7 Å². The molecule has 3 rings (SSSR count). The number of carbonyl (C=O) groups is 2. The predicted molar refractivity (Wildman–Crippen MR) is 71.5 cm³/mol. The fourth-order valence-electron chi connectivity index (χ4n) is 2.23. The maximum Gasteiger partial charge on any atom is 0.249 e. The van der Waals surface area contributed by atoms with Gasteiger partial charge in [0.05, 0.1) is 0 Å². The molecule has 96 valence electrons. The molecule has 0 saturated carbocycles. The lowest BCUT2D eigenvalue weighted by molar-refractivity contribution is -0.133. The highest BCUT2D eigenvalue weighted by molar-refractivity contribution is 6.02. The maximum atomic E-state index is 11.7. The molecule has 2 heterocycles. The van der Waals surface area contributed by atoms with Crippen molar-refractivity contribution < 1.29 is 9.59 Å². The SMILES string of the molecule is O=C1CCC(Nc2nccc3ccccc23)C(=O)N1. The van der Waals surface area contributed by atoms with Crippen molar-refractivity contribution in [2.24, 2.45) is 0 Å². The zero-order chi connectivity index (χ0) is 13.2. The number of amides is 2. The van der Waals surface area contributed by atoms with E-state index in [4.69, 9.17) is 0 Å². The normalized spacial score (nSPS) is 19.3. The molecule has 1 saturated heterocycles. The van der Waals surface area contributed by atoms with Crippen molar-refractivity contribution in [2.45, 2.75) is 18.9 Å². The maximum absolute atomic E-state index is 11.7. The summed E-state index contributed by atoms with van der Waals surface area (Å²) in [7, 11) is 0. The van der Waals surface area contributed by atoms with Crippen LogP contribution in [0.4, 0.5) is 5.82 Å². The van der Waals surface area contributed by atoms with Gasteiger partial charge in [0, 0.05) is 18.0 Å². The quantitative estimate of drug-likeness (QED) is 0.797. The first kappa shape index (κ1) is 11.6. The standard InChI is InChI=1S/C14H13N3O2/c18-12-6-5-11(14(19)17-12)16-13-10-4-2-1-3-9(10)7-8-15-13/h1-4,7-8,11H,5-6H2,(H,15,16)(H,17,18,19). The summed E-state index contributed by atoms with van der Waals surface area (Å²) in [6.45, 7) is 0. The molecule has 2 N–H and O–H groups in total. The van der Waals surface area contributed by atoms with Crippen molar-refractivity contribution in [1.29, 1.82) is 0 Å². The first-order valence-electron chi connectivity index (χ1n) is 6.18. The van der Waals surface area contributed by atoms with Crippen LogP contribution in [-0.2, 0) is 9.59 Å². The molecule has 2 amide bonds. The molecule has 1 atom stereocenters. The number of piperidine rings is 1. The number of rotatable bonds is 2. The molecule has 0 spiro atoms. The number of nitrogens with zero attached hydrogens (tertiary/aromatic N) is 1. The summed E-state index contributed by atoms with van der Waals surface area (Å²) in [5.74, 6) is 0.174. The minimum Gasteiger partial charge on any atom is -0.358 e. The van der Waals surface area contributed by atoms with Crippen LogP contribution in [0.5, 0.6) is 0 Å². The fourth-order valence-corrected chi connectivity index (χ4v) is 2.23. The number of fused-ring (bicyclic) bond motifs is 1. The number of hydrogen-bond acceptors (Lipinski definition) is 4. The van der Waals surface area contributed by atoms with E-state index in [9.17, 15) is 9.59 Å². The van der Waals surface area contributed by atoms with Crippen LogP contribution in [0.25, 0.3) is 10.8 Å². The van der Waals surface area contributed by atoms with Gasteiger partial charge in [-0.2, -0.15) is 0 Å². The van der Waals surface area contributed by atoms with E-state index in [1.165, 1.54) is 0 Å². The van der Waals surface area contributed by atoms with Gasteiger partial charge in [0.2, 0.25) is 11.8 Å². The molecule has 5 nitrogen and oxygen atoms in total. The lowest BCUT2D eigenvalue weighted by Crippen LogP contribution is -2.47. The molecule has 1 fully saturated rings. The average molecular weight is 255 g/mol. The van der Waals surface area contributed by atoms with Gasteiger partial charge in [-0.25, -0.2) is 4.98 Å². The molecule has 1 aromatic heterocycles. The molecule has 1 aromatic carbocycles. The van der Waals surface area contributed by atoms with Gasteiger partial charge in [-0.3, -0.25) is 14.9 Å². The van der Waals surface area contributed by atoms with Crippen molar-refractivity contribution in [3.63, 3.8) is 0 Å². The Labute approximate surface area is 110 Å². The molecule has 0 bridgehead atoms. The second-order valence-electron chi connectivity index (χ2n) is 4.53. The number of anilines is 1. The summed E-state index contributed by atoms with van der Waals surface area (Å²) in [5.41, 5.74) is 0. The topological polar surface area (TPSA) is 71.1 Å². The molecule has 19 heavy (non-hydrogen) atoms. The first-order chi connectivity index (χ1) is 9.24. The second kappa shape index (κ2) is 4.68. The van der Waals surface area contributed by atoms with Crippen molar-refractivity contribution in [3.05, 3.63) is 36.5 Å². The average Bonchev–Trinajstić information content (AvgIpc) is 2.42. The van der Waals surface area contributed by atoms with E-state index in [0.717, 1.165) is 10.8 Å². The third kappa shape index (κ3) is 2.27. The van der Waals surface area contributed by atoms with E-state index in [1.54, 1.807) is 6.20 Å². The van der Waals surface area contributed by atoms with Gasteiger partial charge in [-0.15, -0.1) is 0 Å². The molecule has 1 aliphatic rings. The van der Waals surface area contributed by atoms with E-state index >= 15 is 0 Å². The summed E-state index contributed by atoms with van der Waals surface area (Å²) in [6, 6.07) is 9.35. The highest BCUT2D eigenvalue weighted by Gasteiger charge is 2.26. The molecule has 2 aromatic rings. The summed E-state index contributed by atoms with van der Waals surface area (Å²) < 4.78 is 0. The molecule has 5 heteroatoms. The van der Waals surface area contributed by atoms with Gasteiger partial charge in [-0.1, -0.05) is 24.3 Å². The lowest BCUT2D eigenvalue weighted by atomic mass is 10.1. The van der Waals surface area contributed by atoms with Gasteiger partial charge in [0.1, 0.15) is 11.9 Å². The molecule has 1 unspecified atom stereocenters. The van der Waals surface area contributed by atoms with Gasteiger partial charge < -0.3 is 5.32 Å². The van der Waals surface area contributed by atoms with Crippen LogP contribution < -0.4 is 10.6 Å². The zero-order valence-corrected chi connectivity index (χ0v) is 10.2. The number of carbonyl (C=O) groups excluding carboxylic acids is 2. The highest BCUT2D eigenvalue weighted by atomic mass is 16.2. The fraction of sp³-hybridized carbons (Fsp3) is 0.214. The van der Waals surface area contributed by atoms with Gasteiger partial charge in [0.25, 0.3) is 0 Å². The van der Waals surface area contributed by atoms with Crippen LogP contribution in [0, 0.1) is 0 Å². The Kier molecular flexibility index (Phi) is 2.87. The Balaban J connectivity index is 1.89. The number of hydrogen-bond donors (Lipinski definition) is 2. The Bertz CT molecular complexity index is 649. The largest absolute Gasteiger partial charge is 0.358 e. The van der Waals surface area contributed by atoms with Crippen LogP contribution in [-0.4, -0.2) is 22.8 Å². The summed E-state index contributed by atoms with van der Waals surface area (Å²) in [4.78, 5) is 27.1. The monoisotopic (exact) mass is 255 g/mol. The molecular formula is C14H13N3O2. The van der Waals surface area contributed by atoms with Crippen LogP contribution in [0.2, 0.25) is 0 Å². The Morgan fingerprint density at radius 1 is 1.21 bits per heavy atom. The van der Waals surface area contributed by atoms with Crippen LogP contribution in [0.1, 0.15) is 12.8 Å². The molecule has 1 aliphatic heterocycles. The summed E-state index contributed by atoms with van der Waals surface area (Å²) in [5, 5.41) is 7.48.